The highest BCUT2D eigenvalue weighted by Gasteiger charge is 2.20. The summed E-state index contributed by atoms with van der Waals surface area (Å²) in [5.41, 5.74) is 0.908. The second-order valence-electron chi connectivity index (χ2n) is 6.29. The molecule has 0 saturated carbocycles. The van der Waals surface area contributed by atoms with Gasteiger partial charge in [0.2, 0.25) is 5.91 Å². The van der Waals surface area contributed by atoms with Gasteiger partial charge in [0.1, 0.15) is 6.04 Å². The van der Waals surface area contributed by atoms with Gasteiger partial charge in [-0.05, 0) is 42.6 Å². The van der Waals surface area contributed by atoms with E-state index in [4.69, 9.17) is 12.2 Å². The van der Waals surface area contributed by atoms with E-state index < -0.39 is 0 Å². The first-order valence-electron chi connectivity index (χ1n) is 7.78. The summed E-state index contributed by atoms with van der Waals surface area (Å²) in [6.07, 6.45) is 0.737. The lowest BCUT2D eigenvalue weighted by Crippen LogP contribution is -2.49. The number of carbonyl (C=O) groups is 1. The van der Waals surface area contributed by atoms with Crippen LogP contribution in [0.2, 0.25) is 0 Å². The molecular weight excluding hydrogens is 294 g/mol. The van der Waals surface area contributed by atoms with Crippen molar-refractivity contribution < 1.29 is 4.79 Å². The third kappa shape index (κ3) is 7.41. The van der Waals surface area contributed by atoms with Crippen LogP contribution in [-0.4, -0.2) is 23.6 Å². The number of amides is 1. The predicted octanol–water partition coefficient (Wildman–Crippen LogP) is 3.16. The molecule has 0 radical (unpaired) electrons. The lowest BCUT2D eigenvalue weighted by molar-refractivity contribution is -0.123. The smallest absolute Gasteiger partial charge is 0.242 e. The molecule has 3 N–H and O–H groups in total. The number of rotatable bonds is 7. The Hall–Kier alpha value is -1.62. The number of hydrogen-bond donors (Lipinski definition) is 3. The van der Waals surface area contributed by atoms with E-state index in [0.717, 1.165) is 12.1 Å². The number of benzene rings is 1. The van der Waals surface area contributed by atoms with Crippen LogP contribution >= 0.6 is 12.2 Å². The minimum Gasteiger partial charge on any atom is -0.354 e. The molecule has 0 aliphatic heterocycles. The van der Waals surface area contributed by atoms with E-state index in [1.807, 2.05) is 30.3 Å². The van der Waals surface area contributed by atoms with Gasteiger partial charge in [0.05, 0.1) is 0 Å². The number of nitrogens with one attached hydrogen (secondary N) is 3. The molecule has 122 valence electrons. The van der Waals surface area contributed by atoms with Crippen molar-refractivity contribution in [1.29, 1.82) is 0 Å². The first-order chi connectivity index (χ1) is 10.4. The summed E-state index contributed by atoms with van der Waals surface area (Å²) >= 11 is 5.32. The van der Waals surface area contributed by atoms with Crippen LogP contribution in [0.15, 0.2) is 30.3 Å². The summed E-state index contributed by atoms with van der Waals surface area (Å²) in [4.78, 5) is 12.3. The largest absolute Gasteiger partial charge is 0.354 e. The van der Waals surface area contributed by atoms with Crippen molar-refractivity contribution in [2.75, 3.05) is 11.9 Å². The summed E-state index contributed by atoms with van der Waals surface area (Å²) in [5, 5.41) is 9.67. The third-order valence-corrected chi connectivity index (χ3v) is 3.27. The van der Waals surface area contributed by atoms with Gasteiger partial charge < -0.3 is 16.0 Å². The molecule has 0 aliphatic rings. The highest BCUT2D eigenvalue weighted by Crippen LogP contribution is 2.08. The highest BCUT2D eigenvalue weighted by molar-refractivity contribution is 7.80. The van der Waals surface area contributed by atoms with Crippen molar-refractivity contribution in [3.8, 4) is 0 Å². The Balaban J connectivity index is 2.59. The van der Waals surface area contributed by atoms with E-state index in [1.54, 1.807) is 0 Å². The summed E-state index contributed by atoms with van der Waals surface area (Å²) in [6, 6.07) is 9.37. The van der Waals surface area contributed by atoms with Crippen LogP contribution in [0.3, 0.4) is 0 Å². The number of hydrogen-bond acceptors (Lipinski definition) is 2. The average molecular weight is 321 g/mol. The Morgan fingerprint density at radius 2 is 1.73 bits per heavy atom. The molecule has 22 heavy (non-hydrogen) atoms. The summed E-state index contributed by atoms with van der Waals surface area (Å²) in [5.74, 6) is 0.833. The zero-order chi connectivity index (χ0) is 16.5. The van der Waals surface area contributed by atoms with Gasteiger partial charge >= 0.3 is 0 Å². The maximum Gasteiger partial charge on any atom is 0.242 e. The van der Waals surface area contributed by atoms with Crippen LogP contribution < -0.4 is 16.0 Å². The minimum atomic E-state index is -0.317. The molecule has 0 heterocycles. The van der Waals surface area contributed by atoms with Gasteiger partial charge in [-0.1, -0.05) is 45.9 Å². The Bertz CT molecular complexity index is 474. The van der Waals surface area contributed by atoms with E-state index in [-0.39, 0.29) is 11.9 Å². The quantitative estimate of drug-likeness (QED) is 0.675. The van der Waals surface area contributed by atoms with Crippen LogP contribution in [0.25, 0.3) is 0 Å². The number of thiocarbonyl (C=S) groups is 1. The third-order valence-electron chi connectivity index (χ3n) is 3.05. The van der Waals surface area contributed by atoms with Crippen molar-refractivity contribution in [2.45, 2.75) is 40.2 Å². The van der Waals surface area contributed by atoms with Crippen molar-refractivity contribution in [3.63, 3.8) is 0 Å². The molecule has 0 aromatic heterocycles. The standard InChI is InChI=1S/C17H27N3OS/c1-12(2)10-15(16(21)18-11-13(3)4)20-17(22)19-14-8-6-5-7-9-14/h5-9,12-13,15H,10-11H2,1-4H3,(H,18,21)(H2,19,20,22)/t15-/m0/s1. The lowest BCUT2D eigenvalue weighted by atomic mass is 10.0. The highest BCUT2D eigenvalue weighted by atomic mass is 32.1. The fraction of sp³-hybridized carbons (Fsp3) is 0.529. The molecule has 1 amide bonds. The normalized spacial score (nSPS) is 12.1. The van der Waals surface area contributed by atoms with Crippen LogP contribution in [0, 0.1) is 11.8 Å². The van der Waals surface area contributed by atoms with Crippen molar-refractivity contribution >= 4 is 28.9 Å². The Labute approximate surface area is 139 Å². The molecule has 5 heteroatoms. The van der Waals surface area contributed by atoms with Crippen molar-refractivity contribution in [3.05, 3.63) is 30.3 Å². The summed E-state index contributed by atoms with van der Waals surface area (Å²) < 4.78 is 0. The SMILES string of the molecule is CC(C)CNC(=O)[C@H](CC(C)C)NC(=S)Nc1ccccc1. The van der Waals surface area contributed by atoms with E-state index in [1.165, 1.54) is 0 Å². The zero-order valence-electron chi connectivity index (χ0n) is 13.8. The molecule has 0 unspecified atom stereocenters. The molecule has 0 bridgehead atoms. The Morgan fingerprint density at radius 1 is 1.09 bits per heavy atom. The van der Waals surface area contributed by atoms with E-state index in [0.29, 0.717) is 23.5 Å². The minimum absolute atomic E-state index is 0.000360. The fourth-order valence-corrected chi connectivity index (χ4v) is 2.24. The van der Waals surface area contributed by atoms with Gasteiger partial charge in [-0.2, -0.15) is 0 Å². The van der Waals surface area contributed by atoms with Gasteiger partial charge in [-0.3, -0.25) is 4.79 Å². The maximum absolute atomic E-state index is 12.3. The number of para-hydroxylation sites is 1. The number of anilines is 1. The van der Waals surface area contributed by atoms with Crippen LogP contribution in [0.5, 0.6) is 0 Å². The first kappa shape index (κ1) is 18.4. The molecular formula is C17H27N3OS. The van der Waals surface area contributed by atoms with Gasteiger partial charge in [0.25, 0.3) is 0 Å². The fourth-order valence-electron chi connectivity index (χ4n) is 1.98. The van der Waals surface area contributed by atoms with E-state index in [9.17, 15) is 4.79 Å². The van der Waals surface area contributed by atoms with E-state index >= 15 is 0 Å². The van der Waals surface area contributed by atoms with Crippen molar-refractivity contribution in [1.82, 2.24) is 10.6 Å². The van der Waals surface area contributed by atoms with Crippen LogP contribution in [0.4, 0.5) is 5.69 Å². The Kier molecular flexibility index (Phi) is 7.88. The first-order valence-corrected chi connectivity index (χ1v) is 8.19. The maximum atomic E-state index is 12.3. The van der Waals surface area contributed by atoms with Gasteiger partial charge in [0, 0.05) is 12.2 Å². The van der Waals surface area contributed by atoms with Gasteiger partial charge in [-0.25, -0.2) is 0 Å². The topological polar surface area (TPSA) is 53.2 Å². The molecule has 0 spiro atoms. The predicted molar refractivity (Wildman–Crippen MR) is 96.9 cm³/mol. The zero-order valence-corrected chi connectivity index (χ0v) is 14.7. The molecule has 1 aromatic carbocycles. The van der Waals surface area contributed by atoms with Gasteiger partial charge in [0.15, 0.2) is 5.11 Å². The molecule has 0 fully saturated rings. The Morgan fingerprint density at radius 3 is 2.27 bits per heavy atom. The summed E-state index contributed by atoms with van der Waals surface area (Å²) in [6.45, 7) is 9.02. The van der Waals surface area contributed by atoms with E-state index in [2.05, 4.69) is 43.6 Å². The average Bonchev–Trinajstić information content (AvgIpc) is 2.44. The number of carbonyl (C=O) groups excluding carboxylic acids is 1. The molecule has 4 nitrogen and oxygen atoms in total. The monoisotopic (exact) mass is 321 g/mol. The van der Waals surface area contributed by atoms with Gasteiger partial charge in [-0.15, -0.1) is 0 Å². The second-order valence-corrected chi connectivity index (χ2v) is 6.69. The van der Waals surface area contributed by atoms with Crippen molar-refractivity contribution in [2.24, 2.45) is 11.8 Å². The second kappa shape index (κ2) is 9.41. The molecule has 1 rings (SSSR count). The lowest BCUT2D eigenvalue weighted by Gasteiger charge is -2.22. The van der Waals surface area contributed by atoms with Crippen LogP contribution in [-0.2, 0) is 4.79 Å². The molecule has 1 aromatic rings. The summed E-state index contributed by atoms with van der Waals surface area (Å²) in [7, 11) is 0. The molecule has 0 aliphatic carbocycles. The molecule has 1 atom stereocenters. The van der Waals surface area contributed by atoms with Crippen LogP contribution in [0.1, 0.15) is 34.1 Å². The molecule has 0 saturated heterocycles.